The number of nitrogens with zero attached hydrogens (tertiary/aromatic N) is 1. The Morgan fingerprint density at radius 3 is 2.47 bits per heavy atom. The Morgan fingerprint density at radius 2 is 1.89 bits per heavy atom. The lowest BCUT2D eigenvalue weighted by Crippen LogP contribution is -1.97. The molecule has 0 saturated heterocycles. The van der Waals surface area contributed by atoms with Gasteiger partial charge in [0.1, 0.15) is 0 Å². The number of halogens is 1. The molecule has 0 bridgehead atoms. The number of rotatable bonds is 3. The number of benzene rings is 2. The first-order chi connectivity index (χ1) is 9.08. The molecule has 1 N–H and O–H groups in total. The number of phenolic OH excluding ortho intramolecular Hbond substituents is 1. The summed E-state index contributed by atoms with van der Waals surface area (Å²) in [5.74, 6) is -1.30. The molecule has 0 unspecified atom stereocenters. The molecule has 0 radical (unpaired) electrons. The molecular formula is C14H10FNO3. The molecule has 4 nitrogen and oxygen atoms in total. The molecule has 19 heavy (non-hydrogen) atoms. The summed E-state index contributed by atoms with van der Waals surface area (Å²) in [5.41, 5.74) is 0.609. The lowest BCUT2D eigenvalue weighted by Gasteiger charge is -2.00. The van der Waals surface area contributed by atoms with Gasteiger partial charge < -0.3 is 5.11 Å². The molecule has 0 spiro atoms. The molecule has 0 aliphatic carbocycles. The van der Waals surface area contributed by atoms with Crippen LogP contribution in [0, 0.1) is 15.9 Å². The highest BCUT2D eigenvalue weighted by molar-refractivity contribution is 5.76. The minimum atomic E-state index is -0.815. The zero-order valence-corrected chi connectivity index (χ0v) is 9.79. The van der Waals surface area contributed by atoms with Crippen molar-refractivity contribution in [3.8, 4) is 5.75 Å². The fraction of sp³-hybridized carbons (Fsp3) is 0. The van der Waals surface area contributed by atoms with Crippen molar-refractivity contribution < 1.29 is 14.4 Å². The third-order valence-corrected chi connectivity index (χ3v) is 2.54. The van der Waals surface area contributed by atoms with Gasteiger partial charge in [-0.3, -0.25) is 10.1 Å². The van der Waals surface area contributed by atoms with Crippen LogP contribution in [-0.2, 0) is 0 Å². The molecule has 0 fully saturated rings. The third-order valence-electron chi connectivity index (χ3n) is 2.54. The smallest absolute Gasteiger partial charge is 0.277 e. The van der Waals surface area contributed by atoms with Crippen LogP contribution in [0.2, 0.25) is 0 Å². The summed E-state index contributed by atoms with van der Waals surface area (Å²) >= 11 is 0. The standard InChI is InChI=1S/C14H10FNO3/c15-12-8-10(6-7-14(12)17)9-13(16(18)19)11-4-2-1-3-5-11/h1-9,17H/b13-9+. The van der Waals surface area contributed by atoms with E-state index in [4.69, 9.17) is 5.11 Å². The fourth-order valence-electron chi connectivity index (χ4n) is 1.62. The van der Waals surface area contributed by atoms with Gasteiger partial charge in [0, 0.05) is 6.08 Å². The van der Waals surface area contributed by atoms with Gasteiger partial charge in [0.05, 0.1) is 10.5 Å². The van der Waals surface area contributed by atoms with Crippen LogP contribution in [0.15, 0.2) is 48.5 Å². The summed E-state index contributed by atoms with van der Waals surface area (Å²) in [6, 6.07) is 11.9. The first-order valence-corrected chi connectivity index (χ1v) is 5.48. The molecule has 0 aliphatic rings. The number of phenols is 1. The second-order valence-corrected chi connectivity index (χ2v) is 3.86. The molecule has 0 amide bonds. The molecule has 0 aromatic heterocycles. The molecule has 0 heterocycles. The molecule has 2 rings (SSSR count). The van der Waals surface area contributed by atoms with Gasteiger partial charge in [0.2, 0.25) is 0 Å². The van der Waals surface area contributed by atoms with E-state index in [1.165, 1.54) is 12.1 Å². The van der Waals surface area contributed by atoms with Gasteiger partial charge in [-0.15, -0.1) is 0 Å². The highest BCUT2D eigenvalue weighted by atomic mass is 19.1. The largest absolute Gasteiger partial charge is 0.505 e. The number of hydrogen-bond donors (Lipinski definition) is 1. The second kappa shape index (κ2) is 5.30. The maximum absolute atomic E-state index is 13.2. The van der Waals surface area contributed by atoms with Crippen LogP contribution >= 0.6 is 0 Å². The third kappa shape index (κ3) is 2.95. The maximum Gasteiger partial charge on any atom is 0.277 e. The first kappa shape index (κ1) is 12.8. The summed E-state index contributed by atoms with van der Waals surface area (Å²) in [7, 11) is 0. The molecule has 0 saturated carbocycles. The average Bonchev–Trinajstić information content (AvgIpc) is 2.40. The van der Waals surface area contributed by atoms with Crippen molar-refractivity contribution in [2.75, 3.05) is 0 Å². The topological polar surface area (TPSA) is 63.4 Å². The van der Waals surface area contributed by atoms with Crippen LogP contribution in [0.4, 0.5) is 4.39 Å². The van der Waals surface area contributed by atoms with Crippen molar-refractivity contribution in [3.63, 3.8) is 0 Å². The van der Waals surface area contributed by atoms with E-state index in [1.54, 1.807) is 30.3 Å². The minimum Gasteiger partial charge on any atom is -0.505 e. The van der Waals surface area contributed by atoms with Crippen LogP contribution in [0.3, 0.4) is 0 Å². The predicted molar refractivity (Wildman–Crippen MR) is 69.4 cm³/mol. The molecule has 0 atom stereocenters. The summed E-state index contributed by atoms with van der Waals surface area (Å²) in [5, 5.41) is 20.1. The minimum absolute atomic E-state index is 0.134. The van der Waals surface area contributed by atoms with Crippen LogP contribution in [0.5, 0.6) is 5.75 Å². The number of nitro groups is 1. The zero-order chi connectivity index (χ0) is 13.8. The second-order valence-electron chi connectivity index (χ2n) is 3.86. The highest BCUT2D eigenvalue weighted by Crippen LogP contribution is 2.22. The Hall–Kier alpha value is -2.69. The molecular weight excluding hydrogens is 249 g/mol. The van der Waals surface area contributed by atoms with Gasteiger partial charge in [-0.05, 0) is 29.8 Å². The zero-order valence-electron chi connectivity index (χ0n) is 9.79. The fourth-order valence-corrected chi connectivity index (χ4v) is 1.62. The first-order valence-electron chi connectivity index (χ1n) is 5.48. The van der Waals surface area contributed by atoms with E-state index in [1.807, 2.05) is 0 Å². The van der Waals surface area contributed by atoms with E-state index in [-0.39, 0.29) is 5.70 Å². The van der Waals surface area contributed by atoms with Gasteiger partial charge in [-0.1, -0.05) is 24.3 Å². The summed E-state index contributed by atoms with van der Waals surface area (Å²) < 4.78 is 13.2. The Labute approximate surface area is 108 Å². The SMILES string of the molecule is O=[N+]([O-])/C(=C/c1ccc(O)c(F)c1)c1ccccc1. The predicted octanol–water partition coefficient (Wildman–Crippen LogP) is 3.31. The monoisotopic (exact) mass is 259 g/mol. The average molecular weight is 259 g/mol. The number of hydrogen-bond acceptors (Lipinski definition) is 3. The molecule has 96 valence electrons. The van der Waals surface area contributed by atoms with Crippen molar-refractivity contribution in [3.05, 3.63) is 75.6 Å². The van der Waals surface area contributed by atoms with Crippen LogP contribution < -0.4 is 0 Å². The van der Waals surface area contributed by atoms with Crippen LogP contribution in [0.25, 0.3) is 11.8 Å². The molecule has 5 heteroatoms. The van der Waals surface area contributed by atoms with E-state index in [0.717, 1.165) is 12.1 Å². The van der Waals surface area contributed by atoms with Gasteiger partial charge in [0.25, 0.3) is 5.70 Å². The van der Waals surface area contributed by atoms with Crippen molar-refractivity contribution in [2.45, 2.75) is 0 Å². The van der Waals surface area contributed by atoms with E-state index < -0.39 is 16.5 Å². The van der Waals surface area contributed by atoms with Crippen molar-refractivity contribution in [1.82, 2.24) is 0 Å². The van der Waals surface area contributed by atoms with Crippen molar-refractivity contribution in [2.24, 2.45) is 0 Å². The maximum atomic E-state index is 13.2. The molecule has 0 aliphatic heterocycles. The van der Waals surface area contributed by atoms with E-state index in [9.17, 15) is 14.5 Å². The Bertz CT molecular complexity index is 638. The van der Waals surface area contributed by atoms with E-state index in [0.29, 0.717) is 11.1 Å². The number of aromatic hydroxyl groups is 1. The summed E-state index contributed by atoms with van der Waals surface area (Å²) in [4.78, 5) is 10.5. The molecule has 2 aromatic carbocycles. The lowest BCUT2D eigenvalue weighted by atomic mass is 10.1. The van der Waals surface area contributed by atoms with Crippen LogP contribution in [0.1, 0.15) is 11.1 Å². The van der Waals surface area contributed by atoms with Crippen molar-refractivity contribution in [1.29, 1.82) is 0 Å². The Morgan fingerprint density at radius 1 is 1.21 bits per heavy atom. The van der Waals surface area contributed by atoms with Gasteiger partial charge in [-0.25, -0.2) is 4.39 Å². The summed E-state index contributed by atoms with van der Waals surface area (Å²) in [6.07, 6.45) is 1.26. The Kier molecular flexibility index (Phi) is 3.56. The van der Waals surface area contributed by atoms with Crippen LogP contribution in [-0.4, -0.2) is 10.0 Å². The van der Waals surface area contributed by atoms with Crippen molar-refractivity contribution >= 4 is 11.8 Å². The highest BCUT2D eigenvalue weighted by Gasteiger charge is 2.14. The quantitative estimate of drug-likeness (QED) is 0.522. The molecule has 2 aromatic rings. The normalized spacial score (nSPS) is 11.3. The van der Waals surface area contributed by atoms with E-state index in [2.05, 4.69) is 0 Å². The Balaban J connectivity index is 2.47. The van der Waals surface area contributed by atoms with Gasteiger partial charge in [0.15, 0.2) is 11.6 Å². The van der Waals surface area contributed by atoms with E-state index >= 15 is 0 Å². The lowest BCUT2D eigenvalue weighted by molar-refractivity contribution is -0.374. The van der Waals surface area contributed by atoms with Gasteiger partial charge in [-0.2, -0.15) is 0 Å². The summed E-state index contributed by atoms with van der Waals surface area (Å²) in [6.45, 7) is 0. The van der Waals surface area contributed by atoms with Gasteiger partial charge >= 0.3 is 0 Å².